The molecule has 1 amide bonds. The maximum atomic E-state index is 13.2. The van der Waals surface area contributed by atoms with Crippen molar-refractivity contribution in [2.75, 3.05) is 28.3 Å². The van der Waals surface area contributed by atoms with Crippen LogP contribution in [0.15, 0.2) is 64.0 Å². The fourth-order valence-corrected chi connectivity index (χ4v) is 5.93. The average Bonchev–Trinajstić information content (AvgIpc) is 3.45. The minimum Gasteiger partial charge on any atom is -0.368 e. The Hall–Kier alpha value is -3.47. The zero-order valence-corrected chi connectivity index (χ0v) is 21.7. The van der Waals surface area contributed by atoms with Crippen LogP contribution in [-0.4, -0.2) is 63.9 Å². The van der Waals surface area contributed by atoms with Crippen LogP contribution in [0.25, 0.3) is 32.5 Å². The van der Waals surface area contributed by atoms with Crippen LogP contribution in [-0.2, 0) is 14.9 Å². The summed E-state index contributed by atoms with van der Waals surface area (Å²) in [6, 6.07) is 14.6. The zero-order valence-electron chi connectivity index (χ0n) is 20.1. The molecule has 0 aliphatic carbocycles. The smallest absolute Gasteiger partial charge is 0.287 e. The Balaban J connectivity index is 1.83. The molecule has 8 nitrogen and oxygen atoms in total. The van der Waals surface area contributed by atoms with Crippen molar-refractivity contribution >= 4 is 44.5 Å². The fourth-order valence-electron chi connectivity index (χ4n) is 3.72. The third-order valence-corrected chi connectivity index (χ3v) is 8.14. The lowest BCUT2D eigenvalue weighted by Gasteiger charge is -2.14. The molecule has 1 N–H and O–H groups in total. The van der Waals surface area contributed by atoms with Gasteiger partial charge in [0.2, 0.25) is 0 Å². The predicted octanol–water partition coefficient (Wildman–Crippen LogP) is 4.78. The van der Waals surface area contributed by atoms with Crippen molar-refractivity contribution in [3.05, 3.63) is 65.2 Å². The number of H-pyrrole nitrogens is 1. The molecule has 0 radical (unpaired) electrons. The number of hydroxylamine groups is 2. The van der Waals surface area contributed by atoms with Gasteiger partial charge in [0.05, 0.1) is 12.0 Å². The second-order valence-corrected chi connectivity index (χ2v) is 10.9. The molecule has 182 valence electrons. The monoisotopic (exact) mass is 510 g/mol. The van der Waals surface area contributed by atoms with Crippen molar-refractivity contribution in [3.8, 4) is 21.6 Å². The number of aromatic amines is 1. The Labute approximate surface area is 208 Å². The first kappa shape index (κ1) is 24.6. The number of aromatic nitrogens is 1. The Morgan fingerprint density at radius 3 is 2.40 bits per heavy atom. The molecule has 35 heavy (non-hydrogen) atoms. The third-order valence-electron chi connectivity index (χ3n) is 5.57. The predicted molar refractivity (Wildman–Crippen MR) is 140 cm³/mol. The van der Waals surface area contributed by atoms with Crippen molar-refractivity contribution < 1.29 is 18.0 Å². The molecule has 10 heteroatoms. The highest BCUT2D eigenvalue weighted by Crippen LogP contribution is 2.43. The molecule has 0 unspecified atom stereocenters. The third kappa shape index (κ3) is 4.86. The van der Waals surface area contributed by atoms with Gasteiger partial charge >= 0.3 is 0 Å². The van der Waals surface area contributed by atoms with E-state index in [2.05, 4.69) is 15.4 Å². The van der Waals surface area contributed by atoms with Gasteiger partial charge in [-0.25, -0.2) is 5.06 Å². The van der Waals surface area contributed by atoms with Crippen molar-refractivity contribution in [1.29, 1.82) is 0 Å². The minimum absolute atomic E-state index is 0.0762. The van der Waals surface area contributed by atoms with E-state index in [0.29, 0.717) is 4.88 Å². The number of nitrogens with one attached hydrogen (secondary N) is 1. The van der Waals surface area contributed by atoms with Crippen LogP contribution in [0, 0.1) is 6.92 Å². The maximum absolute atomic E-state index is 13.2. The molecule has 4 rings (SSSR count). The Morgan fingerprint density at radius 2 is 1.74 bits per heavy atom. The van der Waals surface area contributed by atoms with E-state index in [1.54, 1.807) is 38.2 Å². The summed E-state index contributed by atoms with van der Waals surface area (Å²) in [6.07, 6.45) is 3.14. The number of rotatable bonds is 7. The SMILES string of the molecule is CON(C)C(=O)c1sc(-c2ccc3[nH]ccc3c2)c(C)c1-c1ccc(S(=O)(=O)N=CN(C)C)cc1. The van der Waals surface area contributed by atoms with Crippen molar-refractivity contribution in [1.82, 2.24) is 14.9 Å². The molecule has 0 bridgehead atoms. The average molecular weight is 511 g/mol. The molecule has 4 aromatic rings. The molecule has 0 saturated carbocycles. The highest BCUT2D eigenvalue weighted by Gasteiger charge is 2.25. The number of amides is 1. The van der Waals surface area contributed by atoms with E-state index in [9.17, 15) is 13.2 Å². The minimum atomic E-state index is -3.83. The molecule has 0 saturated heterocycles. The highest BCUT2D eigenvalue weighted by atomic mass is 32.2. The second kappa shape index (κ2) is 9.65. The Bertz CT molecular complexity index is 1520. The van der Waals surface area contributed by atoms with Gasteiger partial charge in [0.15, 0.2) is 0 Å². The highest BCUT2D eigenvalue weighted by molar-refractivity contribution is 7.90. The number of thiophene rings is 1. The molecule has 0 fully saturated rings. The van der Waals surface area contributed by atoms with Gasteiger partial charge in [0.1, 0.15) is 11.2 Å². The lowest BCUT2D eigenvalue weighted by atomic mass is 9.98. The van der Waals surface area contributed by atoms with Crippen LogP contribution in [0.1, 0.15) is 15.2 Å². The molecule has 0 atom stereocenters. The van der Waals surface area contributed by atoms with Gasteiger partial charge < -0.3 is 9.88 Å². The summed E-state index contributed by atoms with van der Waals surface area (Å²) in [7, 11) is 2.56. The quantitative estimate of drug-likeness (QED) is 0.219. The van der Waals surface area contributed by atoms with Gasteiger partial charge in [-0.1, -0.05) is 18.2 Å². The summed E-state index contributed by atoms with van der Waals surface area (Å²) in [5.74, 6) is -0.281. The van der Waals surface area contributed by atoms with Crippen molar-refractivity contribution in [2.45, 2.75) is 11.8 Å². The standard InChI is InChI=1S/C25H26N4O4S2/c1-16-22(17-6-9-20(10-7-17)35(31,32)27-15-28(2)3)24(25(30)29(4)33-5)34-23(16)19-8-11-21-18(14-19)12-13-26-21/h6-15,26H,1-5H3. The normalized spacial score (nSPS) is 11.9. The summed E-state index contributed by atoms with van der Waals surface area (Å²) in [5, 5.41) is 2.26. The Kier molecular flexibility index (Phi) is 6.79. The van der Waals surface area contributed by atoms with Gasteiger partial charge in [-0.15, -0.1) is 15.7 Å². The number of carbonyl (C=O) groups is 1. The number of carbonyl (C=O) groups excluding carboxylic acids is 1. The van der Waals surface area contributed by atoms with E-state index >= 15 is 0 Å². The topological polar surface area (TPSA) is 95.1 Å². The van der Waals surface area contributed by atoms with Gasteiger partial charge in [-0.2, -0.15) is 8.42 Å². The molecule has 2 heterocycles. The van der Waals surface area contributed by atoms with Crippen LogP contribution in [0.3, 0.4) is 0 Å². The summed E-state index contributed by atoms with van der Waals surface area (Å²) >= 11 is 1.39. The van der Waals surface area contributed by atoms with Crippen LogP contribution in [0.2, 0.25) is 0 Å². The number of fused-ring (bicyclic) bond motifs is 1. The zero-order chi connectivity index (χ0) is 25.3. The van der Waals surface area contributed by atoms with E-state index in [1.807, 2.05) is 31.3 Å². The number of hydrogen-bond acceptors (Lipinski definition) is 5. The van der Waals surface area contributed by atoms with Gasteiger partial charge in [-0.3, -0.25) is 9.63 Å². The van der Waals surface area contributed by atoms with Crippen LogP contribution < -0.4 is 0 Å². The van der Waals surface area contributed by atoms with Crippen LogP contribution in [0.5, 0.6) is 0 Å². The number of nitrogens with zero attached hydrogens (tertiary/aromatic N) is 3. The first-order chi connectivity index (χ1) is 16.6. The van der Waals surface area contributed by atoms with E-state index < -0.39 is 10.0 Å². The lowest BCUT2D eigenvalue weighted by Crippen LogP contribution is -2.25. The first-order valence-corrected chi connectivity index (χ1v) is 13.0. The van der Waals surface area contributed by atoms with E-state index in [-0.39, 0.29) is 10.8 Å². The van der Waals surface area contributed by atoms with Crippen molar-refractivity contribution in [2.24, 2.45) is 4.40 Å². The molecule has 0 aliphatic rings. The van der Waals surface area contributed by atoms with Crippen LogP contribution in [0.4, 0.5) is 0 Å². The number of sulfonamides is 1. The maximum Gasteiger partial charge on any atom is 0.287 e. The van der Waals surface area contributed by atoms with Crippen molar-refractivity contribution in [3.63, 3.8) is 0 Å². The van der Waals surface area contributed by atoms with E-state index in [0.717, 1.165) is 38.0 Å². The molecular formula is C25H26N4O4S2. The first-order valence-electron chi connectivity index (χ1n) is 10.7. The van der Waals surface area contributed by atoms with Crippen LogP contribution >= 0.6 is 11.3 Å². The van der Waals surface area contributed by atoms with Gasteiger partial charge in [-0.05, 0) is 59.3 Å². The summed E-state index contributed by atoms with van der Waals surface area (Å²) < 4.78 is 28.7. The summed E-state index contributed by atoms with van der Waals surface area (Å²) in [4.78, 5) is 24.7. The molecule has 0 aliphatic heterocycles. The lowest BCUT2D eigenvalue weighted by molar-refractivity contribution is -0.0753. The number of hydrogen-bond donors (Lipinski definition) is 1. The van der Waals surface area contributed by atoms with E-state index in [1.165, 1.54) is 42.0 Å². The van der Waals surface area contributed by atoms with Gasteiger partial charge in [0.25, 0.3) is 15.9 Å². The fraction of sp³-hybridized carbons (Fsp3) is 0.200. The summed E-state index contributed by atoms with van der Waals surface area (Å²) in [5.41, 5.74) is 4.44. The second-order valence-electron chi connectivity index (χ2n) is 8.21. The molecule has 2 aromatic carbocycles. The van der Waals surface area contributed by atoms with E-state index in [4.69, 9.17) is 4.84 Å². The van der Waals surface area contributed by atoms with Gasteiger partial charge in [0, 0.05) is 43.3 Å². The largest absolute Gasteiger partial charge is 0.368 e. The summed E-state index contributed by atoms with van der Waals surface area (Å²) in [6.45, 7) is 1.97. The molecule has 2 aromatic heterocycles. The molecule has 0 spiro atoms. The molecular weight excluding hydrogens is 484 g/mol. The number of benzene rings is 2. The Morgan fingerprint density at radius 1 is 1.06 bits per heavy atom.